The van der Waals surface area contributed by atoms with E-state index in [4.69, 9.17) is 9.15 Å². The zero-order valence-corrected chi connectivity index (χ0v) is 13.3. The second-order valence-electron chi connectivity index (χ2n) is 5.67. The molecule has 0 aromatic carbocycles. The van der Waals surface area contributed by atoms with Crippen LogP contribution in [0, 0.1) is 5.92 Å². The Kier molecular flexibility index (Phi) is 5.57. The van der Waals surface area contributed by atoms with Crippen LogP contribution in [0.3, 0.4) is 0 Å². The molecule has 1 fully saturated rings. The smallest absolute Gasteiger partial charge is 0.263 e. The largest absolute Gasteiger partial charge is 0.468 e. The summed E-state index contributed by atoms with van der Waals surface area (Å²) in [6, 6.07) is 3.23. The molecule has 0 unspecified atom stereocenters. The average Bonchev–Trinajstić information content (AvgIpc) is 3.04. The molecular weight excluding hydrogens is 316 g/mol. The van der Waals surface area contributed by atoms with Crippen molar-refractivity contribution >= 4 is 10.0 Å². The van der Waals surface area contributed by atoms with Gasteiger partial charge in [-0.2, -0.15) is 4.31 Å². The molecule has 1 heterocycles. The lowest BCUT2D eigenvalue weighted by atomic mass is 10.2. The molecule has 0 N–H and O–H groups in total. The number of hydrogen-bond acceptors (Lipinski definition) is 4. The van der Waals surface area contributed by atoms with Gasteiger partial charge >= 0.3 is 0 Å². The predicted molar refractivity (Wildman–Crippen MR) is 77.1 cm³/mol. The van der Waals surface area contributed by atoms with Crippen LogP contribution in [0.5, 0.6) is 0 Å². The lowest BCUT2D eigenvalue weighted by Gasteiger charge is -2.24. The summed E-state index contributed by atoms with van der Waals surface area (Å²) in [6.07, 6.45) is 2.58. The molecule has 0 aliphatic heterocycles. The van der Waals surface area contributed by atoms with Gasteiger partial charge in [-0.25, -0.2) is 17.2 Å². The summed E-state index contributed by atoms with van der Waals surface area (Å²) >= 11 is 0. The molecule has 0 atom stereocenters. The molecule has 5 nitrogen and oxygen atoms in total. The summed E-state index contributed by atoms with van der Waals surface area (Å²) in [5.74, 6) is -4.00. The Morgan fingerprint density at radius 2 is 2.18 bits per heavy atom. The van der Waals surface area contributed by atoms with E-state index in [1.165, 1.54) is 13.4 Å². The molecule has 0 bridgehead atoms. The van der Waals surface area contributed by atoms with Gasteiger partial charge in [0.15, 0.2) is 0 Å². The van der Waals surface area contributed by atoms with Crippen molar-refractivity contribution in [2.45, 2.75) is 31.7 Å². The van der Waals surface area contributed by atoms with Gasteiger partial charge in [0.2, 0.25) is 10.0 Å². The first-order chi connectivity index (χ1) is 10.3. The minimum Gasteiger partial charge on any atom is -0.468 e. The lowest BCUT2D eigenvalue weighted by Crippen LogP contribution is -2.40. The standard InChI is InChI=1S/C14H21F2NO4S/c1-20-8-6-17(10-13-3-2-7-21-13)22(18,19)11-14(15,16)9-12-4-5-12/h2-3,7,12H,4-6,8-11H2,1H3. The zero-order valence-electron chi connectivity index (χ0n) is 12.5. The van der Waals surface area contributed by atoms with E-state index in [1.807, 2.05) is 0 Å². The van der Waals surface area contributed by atoms with Crippen LogP contribution in [-0.2, 0) is 21.3 Å². The summed E-state index contributed by atoms with van der Waals surface area (Å²) < 4.78 is 63.5. The lowest BCUT2D eigenvalue weighted by molar-refractivity contribution is 0.00964. The molecule has 22 heavy (non-hydrogen) atoms. The second-order valence-corrected chi connectivity index (χ2v) is 7.63. The third kappa shape index (κ3) is 5.33. The Bertz CT molecular complexity index is 555. The van der Waals surface area contributed by atoms with Crippen LogP contribution < -0.4 is 0 Å². The van der Waals surface area contributed by atoms with Crippen LogP contribution in [0.4, 0.5) is 8.78 Å². The molecule has 1 aromatic heterocycles. The Balaban J connectivity index is 2.05. The van der Waals surface area contributed by atoms with Gasteiger partial charge in [-0.1, -0.05) is 0 Å². The highest BCUT2D eigenvalue weighted by Gasteiger charge is 2.42. The predicted octanol–water partition coefficient (Wildman–Crippen LogP) is 2.49. The Labute approximate surface area is 129 Å². The van der Waals surface area contributed by atoms with E-state index in [-0.39, 0.29) is 32.0 Å². The highest BCUT2D eigenvalue weighted by molar-refractivity contribution is 7.89. The Morgan fingerprint density at radius 1 is 1.45 bits per heavy atom. The molecular formula is C14H21F2NO4S. The van der Waals surface area contributed by atoms with Crippen molar-refractivity contribution in [1.29, 1.82) is 0 Å². The fourth-order valence-corrected chi connectivity index (χ4v) is 3.76. The van der Waals surface area contributed by atoms with Gasteiger partial charge < -0.3 is 9.15 Å². The molecule has 0 radical (unpaired) electrons. The maximum atomic E-state index is 13.9. The Morgan fingerprint density at radius 3 is 2.73 bits per heavy atom. The summed E-state index contributed by atoms with van der Waals surface area (Å²) in [7, 11) is -2.67. The summed E-state index contributed by atoms with van der Waals surface area (Å²) in [4.78, 5) is 0. The molecule has 1 aliphatic carbocycles. The first kappa shape index (κ1) is 17.4. The minimum absolute atomic E-state index is 0.0129. The number of nitrogens with zero attached hydrogens (tertiary/aromatic N) is 1. The number of rotatable bonds is 10. The monoisotopic (exact) mass is 337 g/mol. The van der Waals surface area contributed by atoms with Gasteiger partial charge in [0.1, 0.15) is 11.5 Å². The van der Waals surface area contributed by atoms with E-state index in [0.717, 1.165) is 17.1 Å². The summed E-state index contributed by atoms with van der Waals surface area (Å²) in [6.45, 7) is 0.0748. The number of alkyl halides is 2. The van der Waals surface area contributed by atoms with E-state index in [1.54, 1.807) is 12.1 Å². The number of sulfonamides is 1. The van der Waals surface area contributed by atoms with E-state index in [0.29, 0.717) is 5.76 Å². The third-order valence-corrected chi connectivity index (χ3v) is 5.41. The Hall–Kier alpha value is -0.990. The summed E-state index contributed by atoms with van der Waals surface area (Å²) in [5, 5.41) is 0. The van der Waals surface area contributed by atoms with Gasteiger partial charge in [0, 0.05) is 20.1 Å². The van der Waals surface area contributed by atoms with Crippen molar-refractivity contribution in [3.8, 4) is 0 Å². The molecule has 8 heteroatoms. The first-order valence-electron chi connectivity index (χ1n) is 7.19. The van der Waals surface area contributed by atoms with E-state index >= 15 is 0 Å². The van der Waals surface area contributed by atoms with Crippen LogP contribution in [0.1, 0.15) is 25.0 Å². The third-order valence-electron chi connectivity index (χ3n) is 3.53. The van der Waals surface area contributed by atoms with Crippen molar-refractivity contribution in [3.05, 3.63) is 24.2 Å². The number of hydrogen-bond donors (Lipinski definition) is 0. The van der Waals surface area contributed by atoms with Gasteiger partial charge in [-0.3, -0.25) is 0 Å². The highest BCUT2D eigenvalue weighted by atomic mass is 32.2. The van der Waals surface area contributed by atoms with Crippen LogP contribution >= 0.6 is 0 Å². The van der Waals surface area contributed by atoms with Crippen LogP contribution in [0.25, 0.3) is 0 Å². The molecule has 126 valence electrons. The topological polar surface area (TPSA) is 59.8 Å². The molecule has 0 spiro atoms. The maximum absolute atomic E-state index is 13.9. The van der Waals surface area contributed by atoms with Gasteiger partial charge in [-0.15, -0.1) is 0 Å². The normalized spacial score (nSPS) is 16.4. The second kappa shape index (κ2) is 7.06. The fourth-order valence-electron chi connectivity index (χ4n) is 2.25. The van der Waals surface area contributed by atoms with Gasteiger partial charge in [0.25, 0.3) is 5.92 Å². The molecule has 1 aliphatic rings. The van der Waals surface area contributed by atoms with Gasteiger partial charge in [-0.05, 0) is 30.9 Å². The highest BCUT2D eigenvalue weighted by Crippen LogP contribution is 2.39. The number of ether oxygens (including phenoxy) is 1. The number of halogens is 2. The molecule has 0 amide bonds. The maximum Gasteiger partial charge on any atom is 0.263 e. The molecule has 0 saturated heterocycles. The first-order valence-corrected chi connectivity index (χ1v) is 8.80. The van der Waals surface area contributed by atoms with E-state index in [2.05, 4.69) is 0 Å². The fraction of sp³-hybridized carbons (Fsp3) is 0.714. The number of furan rings is 1. The van der Waals surface area contributed by atoms with Crippen LogP contribution in [0.2, 0.25) is 0 Å². The quantitative estimate of drug-likeness (QED) is 0.658. The van der Waals surface area contributed by atoms with Crippen molar-refractivity contribution in [3.63, 3.8) is 0 Å². The zero-order chi connectivity index (χ0) is 16.2. The van der Waals surface area contributed by atoms with Crippen molar-refractivity contribution in [2.24, 2.45) is 5.92 Å². The minimum atomic E-state index is -4.10. The van der Waals surface area contributed by atoms with Crippen LogP contribution in [0.15, 0.2) is 22.8 Å². The molecule has 1 saturated carbocycles. The summed E-state index contributed by atoms with van der Waals surface area (Å²) in [5.41, 5.74) is 0. The molecule has 1 aromatic rings. The van der Waals surface area contributed by atoms with Gasteiger partial charge in [0.05, 0.1) is 19.4 Å². The SMILES string of the molecule is COCCN(Cc1ccco1)S(=O)(=O)CC(F)(F)CC1CC1. The van der Waals surface area contributed by atoms with Crippen LogP contribution in [-0.4, -0.2) is 44.7 Å². The van der Waals surface area contributed by atoms with Crippen molar-refractivity contribution in [1.82, 2.24) is 4.31 Å². The van der Waals surface area contributed by atoms with Crippen molar-refractivity contribution < 1.29 is 26.4 Å². The average molecular weight is 337 g/mol. The van der Waals surface area contributed by atoms with E-state index < -0.39 is 21.7 Å². The van der Waals surface area contributed by atoms with E-state index in [9.17, 15) is 17.2 Å². The van der Waals surface area contributed by atoms with Crippen molar-refractivity contribution in [2.75, 3.05) is 26.0 Å². The molecule has 2 rings (SSSR count). The number of methoxy groups -OCH3 is 1.